The van der Waals surface area contributed by atoms with Crippen molar-refractivity contribution in [2.24, 2.45) is 0 Å². The number of carbonyl (C=O) groups excluding carboxylic acids is 1. The molecule has 2 aromatic carbocycles. The van der Waals surface area contributed by atoms with Crippen LogP contribution in [-0.2, 0) is 6.54 Å². The molecule has 1 aliphatic heterocycles. The number of methoxy groups -OCH3 is 1. The lowest BCUT2D eigenvalue weighted by atomic mass is 10.1. The van der Waals surface area contributed by atoms with E-state index in [-0.39, 0.29) is 18.0 Å². The minimum absolute atomic E-state index is 0.0420. The molecule has 0 unspecified atom stereocenters. The number of hydrogen-bond acceptors (Lipinski definition) is 6. The topological polar surface area (TPSA) is 80.8 Å². The number of carbonyl (C=O) groups is 1. The van der Waals surface area contributed by atoms with Gasteiger partial charge in [-0.05, 0) is 30.3 Å². The van der Waals surface area contributed by atoms with Gasteiger partial charge >= 0.3 is 0 Å². The number of imidazole rings is 1. The van der Waals surface area contributed by atoms with Crippen LogP contribution >= 0.6 is 0 Å². The molecule has 0 atom stereocenters. The maximum atomic E-state index is 14.1. The van der Waals surface area contributed by atoms with Crippen LogP contribution < -0.4 is 4.74 Å². The minimum atomic E-state index is -1.21. The molecule has 1 amide bonds. The lowest BCUT2D eigenvalue weighted by Crippen LogP contribution is -2.48. The van der Waals surface area contributed by atoms with Gasteiger partial charge in [0, 0.05) is 68.4 Å². The second kappa shape index (κ2) is 10.5. The number of piperazine rings is 1. The Labute approximate surface area is 227 Å². The van der Waals surface area contributed by atoms with Crippen LogP contribution in [0.4, 0.5) is 13.2 Å². The molecule has 0 radical (unpaired) electrons. The van der Waals surface area contributed by atoms with E-state index in [1.54, 1.807) is 39.8 Å². The van der Waals surface area contributed by atoms with Gasteiger partial charge in [-0.25, -0.2) is 23.1 Å². The van der Waals surface area contributed by atoms with E-state index < -0.39 is 17.5 Å². The van der Waals surface area contributed by atoms with Crippen molar-refractivity contribution in [3.8, 4) is 22.8 Å². The van der Waals surface area contributed by atoms with Crippen LogP contribution in [0.2, 0.25) is 0 Å². The summed E-state index contributed by atoms with van der Waals surface area (Å²) in [7, 11) is 1.60. The first-order chi connectivity index (χ1) is 19.4. The molecule has 0 N–H and O–H groups in total. The Kier molecular flexibility index (Phi) is 6.68. The monoisotopic (exact) mass is 547 g/mol. The fourth-order valence-electron chi connectivity index (χ4n) is 4.83. The number of fused-ring (bicyclic) bond motifs is 1. The van der Waals surface area contributed by atoms with Crippen molar-refractivity contribution >= 4 is 11.6 Å². The standard InChI is InChI=1S/C28H24F3N7O2/c1-40-21-4-2-18(3-5-21)24-14-25(37-7-6-32-17-37)38-27(34-24)22(15-33-38)28(39)36-10-8-35(9-11-36)16-19-12-20(29)13-23(30)26(19)31/h2-7,12-15,17H,8-11,16H2,1H3. The zero-order valence-electron chi connectivity index (χ0n) is 21.5. The molecule has 4 heterocycles. The average molecular weight is 548 g/mol. The molecule has 0 saturated carbocycles. The van der Waals surface area contributed by atoms with Gasteiger partial charge in [-0.1, -0.05) is 0 Å². The van der Waals surface area contributed by atoms with Crippen molar-refractivity contribution in [3.05, 3.63) is 96.0 Å². The van der Waals surface area contributed by atoms with E-state index in [1.807, 2.05) is 35.2 Å². The molecule has 0 aliphatic carbocycles. The third kappa shape index (κ3) is 4.77. The van der Waals surface area contributed by atoms with Crippen molar-refractivity contribution in [1.29, 1.82) is 0 Å². The van der Waals surface area contributed by atoms with E-state index in [2.05, 4.69) is 10.1 Å². The number of halogens is 3. The Balaban J connectivity index is 1.27. The van der Waals surface area contributed by atoms with Gasteiger partial charge in [0.1, 0.15) is 29.3 Å². The molecule has 1 aliphatic rings. The third-order valence-electron chi connectivity index (χ3n) is 6.96. The smallest absolute Gasteiger partial charge is 0.259 e. The Morgan fingerprint density at radius 1 is 1.02 bits per heavy atom. The first-order valence-corrected chi connectivity index (χ1v) is 12.6. The number of ether oxygens (including phenoxy) is 1. The fourth-order valence-corrected chi connectivity index (χ4v) is 4.83. The number of aromatic nitrogens is 5. The number of benzene rings is 2. The van der Waals surface area contributed by atoms with E-state index in [0.29, 0.717) is 60.7 Å². The van der Waals surface area contributed by atoms with Crippen LogP contribution in [0.3, 0.4) is 0 Å². The highest BCUT2D eigenvalue weighted by Crippen LogP contribution is 2.26. The van der Waals surface area contributed by atoms with Crippen LogP contribution in [0.15, 0.2) is 67.4 Å². The molecule has 1 fully saturated rings. The minimum Gasteiger partial charge on any atom is -0.497 e. The van der Waals surface area contributed by atoms with Gasteiger partial charge in [0.05, 0.1) is 19.0 Å². The van der Waals surface area contributed by atoms with Crippen LogP contribution in [-0.4, -0.2) is 73.1 Å². The molecule has 6 rings (SSSR count). The van der Waals surface area contributed by atoms with Crippen molar-refractivity contribution in [2.75, 3.05) is 33.3 Å². The number of rotatable bonds is 6. The maximum absolute atomic E-state index is 14.1. The van der Waals surface area contributed by atoms with Gasteiger partial charge in [-0.15, -0.1) is 0 Å². The molecule has 3 aromatic heterocycles. The van der Waals surface area contributed by atoms with E-state index in [4.69, 9.17) is 9.72 Å². The molecule has 5 aromatic rings. The SMILES string of the molecule is COc1ccc(-c2cc(-n3ccnc3)n3ncc(C(=O)N4CCN(Cc5cc(F)cc(F)c5F)CC4)c3n2)cc1. The lowest BCUT2D eigenvalue weighted by Gasteiger charge is -2.34. The van der Waals surface area contributed by atoms with Gasteiger partial charge in [-0.3, -0.25) is 14.3 Å². The van der Waals surface area contributed by atoms with E-state index >= 15 is 0 Å². The summed E-state index contributed by atoms with van der Waals surface area (Å²) in [6, 6.07) is 10.8. The van der Waals surface area contributed by atoms with Gasteiger partial charge in [0.2, 0.25) is 0 Å². The summed E-state index contributed by atoms with van der Waals surface area (Å²) in [6.07, 6.45) is 6.57. The summed E-state index contributed by atoms with van der Waals surface area (Å²) in [5.74, 6) is -1.97. The first kappa shape index (κ1) is 25.6. The van der Waals surface area contributed by atoms with Crippen LogP contribution in [0.25, 0.3) is 22.7 Å². The van der Waals surface area contributed by atoms with Crippen LogP contribution in [0.1, 0.15) is 15.9 Å². The summed E-state index contributed by atoms with van der Waals surface area (Å²) < 4.78 is 50.0. The van der Waals surface area contributed by atoms with E-state index in [9.17, 15) is 18.0 Å². The predicted octanol–water partition coefficient (Wildman–Crippen LogP) is 3.97. The van der Waals surface area contributed by atoms with E-state index in [1.165, 1.54) is 6.20 Å². The molecule has 0 bridgehead atoms. The first-order valence-electron chi connectivity index (χ1n) is 12.6. The molecule has 204 valence electrons. The van der Waals surface area contributed by atoms with Crippen molar-refractivity contribution in [1.82, 2.24) is 33.9 Å². The Bertz CT molecular complexity index is 1680. The highest BCUT2D eigenvalue weighted by atomic mass is 19.2. The molecule has 9 nitrogen and oxygen atoms in total. The third-order valence-corrected chi connectivity index (χ3v) is 6.96. The summed E-state index contributed by atoms with van der Waals surface area (Å²) in [5, 5.41) is 4.46. The molecule has 0 spiro atoms. The lowest BCUT2D eigenvalue weighted by molar-refractivity contribution is 0.0628. The zero-order valence-corrected chi connectivity index (χ0v) is 21.5. The molecule has 40 heavy (non-hydrogen) atoms. The van der Waals surface area contributed by atoms with Crippen molar-refractivity contribution in [3.63, 3.8) is 0 Å². The van der Waals surface area contributed by atoms with Gasteiger partial charge in [-0.2, -0.15) is 9.61 Å². The fraction of sp³-hybridized carbons (Fsp3) is 0.214. The summed E-state index contributed by atoms with van der Waals surface area (Å²) in [5.41, 5.74) is 2.15. The van der Waals surface area contributed by atoms with Gasteiger partial charge in [0.15, 0.2) is 17.3 Å². The average Bonchev–Trinajstić information content (AvgIpc) is 3.66. The van der Waals surface area contributed by atoms with Gasteiger partial charge < -0.3 is 9.64 Å². The normalized spacial score (nSPS) is 14.2. The molecule has 1 saturated heterocycles. The second-order valence-electron chi connectivity index (χ2n) is 9.42. The van der Waals surface area contributed by atoms with Crippen molar-refractivity contribution < 1.29 is 22.7 Å². The predicted molar refractivity (Wildman–Crippen MR) is 140 cm³/mol. The quantitative estimate of drug-likeness (QED) is 0.300. The Morgan fingerprint density at radius 2 is 1.80 bits per heavy atom. The molecule has 12 heteroatoms. The highest BCUT2D eigenvalue weighted by Gasteiger charge is 2.27. The summed E-state index contributed by atoms with van der Waals surface area (Å²) in [6.45, 7) is 1.56. The van der Waals surface area contributed by atoms with E-state index in [0.717, 1.165) is 11.6 Å². The second-order valence-corrected chi connectivity index (χ2v) is 9.42. The number of hydrogen-bond donors (Lipinski definition) is 0. The van der Waals surface area contributed by atoms with Crippen LogP contribution in [0, 0.1) is 17.5 Å². The summed E-state index contributed by atoms with van der Waals surface area (Å²) in [4.78, 5) is 26.1. The Hall–Kier alpha value is -4.71. The zero-order chi connectivity index (χ0) is 27.8. The molecular formula is C28H24F3N7O2. The maximum Gasteiger partial charge on any atom is 0.259 e. The highest BCUT2D eigenvalue weighted by molar-refractivity contribution is 6.00. The number of nitrogens with zero attached hydrogens (tertiary/aromatic N) is 7. The summed E-state index contributed by atoms with van der Waals surface area (Å²) >= 11 is 0. The number of amides is 1. The van der Waals surface area contributed by atoms with Crippen LogP contribution in [0.5, 0.6) is 5.75 Å². The molecular weight excluding hydrogens is 523 g/mol. The largest absolute Gasteiger partial charge is 0.497 e. The van der Waals surface area contributed by atoms with Gasteiger partial charge in [0.25, 0.3) is 5.91 Å². The van der Waals surface area contributed by atoms with Crippen molar-refractivity contribution in [2.45, 2.75) is 6.54 Å². The Morgan fingerprint density at radius 3 is 2.50 bits per heavy atom.